The first-order valence-electron chi connectivity index (χ1n) is 7.14. The van der Waals surface area contributed by atoms with Crippen molar-refractivity contribution in [3.8, 4) is 5.75 Å². The summed E-state index contributed by atoms with van der Waals surface area (Å²) < 4.78 is 43.2. The van der Waals surface area contributed by atoms with E-state index >= 15 is 0 Å². The summed E-state index contributed by atoms with van der Waals surface area (Å²) in [4.78, 5) is 0. The molecule has 0 amide bonds. The second-order valence-electron chi connectivity index (χ2n) is 5.34. The molecule has 0 fully saturated rings. The summed E-state index contributed by atoms with van der Waals surface area (Å²) in [6.45, 7) is 2.07. The first-order valence-corrected chi connectivity index (χ1v) is 7.14. The minimum atomic E-state index is -4.30. The summed E-state index contributed by atoms with van der Waals surface area (Å²) in [7, 11) is 0. The van der Waals surface area contributed by atoms with Crippen LogP contribution >= 0.6 is 0 Å². The zero-order chi connectivity index (χ0) is 15.6. The highest BCUT2D eigenvalue weighted by atomic mass is 19.4. The van der Waals surface area contributed by atoms with Crippen molar-refractivity contribution < 1.29 is 17.9 Å². The van der Waals surface area contributed by atoms with Crippen molar-refractivity contribution in [3.05, 3.63) is 64.7 Å². The molecule has 0 bridgehead atoms. The standard InChI is InChI=1S/C17H16F3NO/c18-17(19,20)15-4-1-12(2-5-15)11-22-16-6-3-13-7-8-21-10-14(13)9-16/h1-6,9,21H,7-8,10-11H2. The molecule has 1 N–H and O–H groups in total. The maximum atomic E-state index is 12.5. The molecule has 0 saturated carbocycles. The van der Waals surface area contributed by atoms with Crippen LogP contribution in [0.5, 0.6) is 5.75 Å². The summed E-state index contributed by atoms with van der Waals surface area (Å²) in [6, 6.07) is 11.0. The Hall–Kier alpha value is -2.01. The molecule has 2 aromatic rings. The van der Waals surface area contributed by atoms with Gasteiger partial charge in [0.05, 0.1) is 5.56 Å². The van der Waals surface area contributed by atoms with Gasteiger partial charge in [-0.1, -0.05) is 18.2 Å². The monoisotopic (exact) mass is 307 g/mol. The number of hydrogen-bond acceptors (Lipinski definition) is 2. The fourth-order valence-electron chi connectivity index (χ4n) is 2.50. The van der Waals surface area contributed by atoms with E-state index in [0.29, 0.717) is 5.56 Å². The number of alkyl halides is 3. The topological polar surface area (TPSA) is 21.3 Å². The lowest BCUT2D eigenvalue weighted by Crippen LogP contribution is -2.23. The van der Waals surface area contributed by atoms with Crippen molar-refractivity contribution in [1.82, 2.24) is 5.32 Å². The Bertz CT molecular complexity index is 650. The number of rotatable bonds is 3. The van der Waals surface area contributed by atoms with E-state index in [1.54, 1.807) is 0 Å². The van der Waals surface area contributed by atoms with E-state index in [-0.39, 0.29) is 6.61 Å². The van der Waals surface area contributed by atoms with Gasteiger partial charge in [0.2, 0.25) is 0 Å². The highest BCUT2D eigenvalue weighted by molar-refractivity contribution is 5.37. The first-order chi connectivity index (χ1) is 10.5. The lowest BCUT2D eigenvalue weighted by Gasteiger charge is -2.18. The van der Waals surface area contributed by atoms with Crippen molar-refractivity contribution in [2.45, 2.75) is 25.7 Å². The minimum absolute atomic E-state index is 0.254. The average molecular weight is 307 g/mol. The van der Waals surface area contributed by atoms with Crippen LogP contribution in [0.25, 0.3) is 0 Å². The van der Waals surface area contributed by atoms with Crippen molar-refractivity contribution in [2.75, 3.05) is 6.54 Å². The fourth-order valence-corrected chi connectivity index (χ4v) is 2.50. The maximum absolute atomic E-state index is 12.5. The molecule has 1 heterocycles. The Kier molecular flexibility index (Phi) is 4.07. The zero-order valence-corrected chi connectivity index (χ0v) is 11.9. The highest BCUT2D eigenvalue weighted by Gasteiger charge is 2.29. The SMILES string of the molecule is FC(F)(F)c1ccc(COc2ccc3c(c2)CNCC3)cc1. The van der Waals surface area contributed by atoms with Crippen LogP contribution in [-0.2, 0) is 25.7 Å². The number of halogens is 3. The van der Waals surface area contributed by atoms with Gasteiger partial charge in [-0.05, 0) is 53.9 Å². The van der Waals surface area contributed by atoms with Gasteiger partial charge in [-0.2, -0.15) is 13.2 Å². The van der Waals surface area contributed by atoms with Gasteiger partial charge in [-0.3, -0.25) is 0 Å². The Morgan fingerprint density at radius 2 is 1.77 bits per heavy atom. The second kappa shape index (κ2) is 6.01. The van der Waals surface area contributed by atoms with E-state index in [4.69, 9.17) is 4.74 Å². The molecule has 0 saturated heterocycles. The van der Waals surface area contributed by atoms with Crippen LogP contribution < -0.4 is 10.1 Å². The minimum Gasteiger partial charge on any atom is -0.489 e. The lowest BCUT2D eigenvalue weighted by molar-refractivity contribution is -0.137. The van der Waals surface area contributed by atoms with E-state index in [1.165, 1.54) is 23.3 Å². The summed E-state index contributed by atoms with van der Waals surface area (Å²) in [6.07, 6.45) is -3.29. The summed E-state index contributed by atoms with van der Waals surface area (Å²) in [5.74, 6) is 0.738. The van der Waals surface area contributed by atoms with Crippen LogP contribution in [0.1, 0.15) is 22.3 Å². The molecule has 2 nitrogen and oxygen atoms in total. The Balaban J connectivity index is 1.65. The predicted molar refractivity (Wildman–Crippen MR) is 77.6 cm³/mol. The molecular weight excluding hydrogens is 291 g/mol. The molecule has 0 radical (unpaired) electrons. The van der Waals surface area contributed by atoms with Crippen molar-refractivity contribution in [3.63, 3.8) is 0 Å². The van der Waals surface area contributed by atoms with Crippen molar-refractivity contribution >= 4 is 0 Å². The Labute approximate surface area is 126 Å². The molecule has 22 heavy (non-hydrogen) atoms. The summed E-state index contributed by atoms with van der Waals surface area (Å²) >= 11 is 0. The molecule has 1 aliphatic heterocycles. The summed E-state index contributed by atoms with van der Waals surface area (Å²) in [5, 5.41) is 3.30. The number of fused-ring (bicyclic) bond motifs is 1. The smallest absolute Gasteiger partial charge is 0.416 e. The molecule has 3 rings (SSSR count). The maximum Gasteiger partial charge on any atom is 0.416 e. The zero-order valence-electron chi connectivity index (χ0n) is 11.9. The summed E-state index contributed by atoms with van der Waals surface area (Å²) in [5.41, 5.74) is 2.61. The molecule has 2 aromatic carbocycles. The van der Waals surface area contributed by atoms with Gasteiger partial charge in [-0.25, -0.2) is 0 Å². The van der Waals surface area contributed by atoms with Crippen LogP contribution in [0.15, 0.2) is 42.5 Å². The fraction of sp³-hybridized carbons (Fsp3) is 0.294. The van der Waals surface area contributed by atoms with E-state index in [0.717, 1.165) is 37.4 Å². The molecule has 5 heteroatoms. The van der Waals surface area contributed by atoms with Gasteiger partial charge >= 0.3 is 6.18 Å². The first kappa shape index (κ1) is 14.9. The average Bonchev–Trinajstić information content (AvgIpc) is 2.52. The van der Waals surface area contributed by atoms with Gasteiger partial charge in [0, 0.05) is 6.54 Å². The third-order valence-electron chi connectivity index (χ3n) is 3.75. The Morgan fingerprint density at radius 1 is 1.00 bits per heavy atom. The van der Waals surface area contributed by atoms with Crippen molar-refractivity contribution in [2.24, 2.45) is 0 Å². The van der Waals surface area contributed by atoms with Gasteiger partial charge in [0.15, 0.2) is 0 Å². The van der Waals surface area contributed by atoms with E-state index in [2.05, 4.69) is 11.4 Å². The third kappa shape index (κ3) is 3.42. The molecule has 116 valence electrons. The van der Waals surface area contributed by atoms with Crippen LogP contribution in [-0.4, -0.2) is 6.54 Å². The van der Waals surface area contributed by atoms with Crippen LogP contribution in [0.2, 0.25) is 0 Å². The molecule has 0 atom stereocenters. The number of hydrogen-bond donors (Lipinski definition) is 1. The van der Waals surface area contributed by atoms with Crippen LogP contribution in [0.4, 0.5) is 13.2 Å². The number of nitrogens with one attached hydrogen (secondary N) is 1. The molecular formula is C17H16F3NO. The second-order valence-corrected chi connectivity index (χ2v) is 5.34. The van der Waals surface area contributed by atoms with Gasteiger partial charge in [0.1, 0.15) is 12.4 Å². The number of ether oxygens (including phenoxy) is 1. The predicted octanol–water partition coefficient (Wildman–Crippen LogP) is 3.93. The Morgan fingerprint density at radius 3 is 2.50 bits per heavy atom. The van der Waals surface area contributed by atoms with E-state index in [1.807, 2.05) is 12.1 Å². The van der Waals surface area contributed by atoms with Gasteiger partial charge in [-0.15, -0.1) is 0 Å². The number of benzene rings is 2. The van der Waals surface area contributed by atoms with E-state index in [9.17, 15) is 13.2 Å². The van der Waals surface area contributed by atoms with E-state index < -0.39 is 11.7 Å². The molecule has 0 unspecified atom stereocenters. The van der Waals surface area contributed by atoms with Crippen molar-refractivity contribution in [1.29, 1.82) is 0 Å². The molecule has 0 aromatic heterocycles. The van der Waals surface area contributed by atoms with Crippen LogP contribution in [0, 0.1) is 0 Å². The molecule has 0 aliphatic carbocycles. The highest BCUT2D eigenvalue weighted by Crippen LogP contribution is 2.29. The van der Waals surface area contributed by atoms with Crippen LogP contribution in [0.3, 0.4) is 0 Å². The quantitative estimate of drug-likeness (QED) is 0.927. The van der Waals surface area contributed by atoms with Gasteiger partial charge < -0.3 is 10.1 Å². The molecule has 1 aliphatic rings. The molecule has 0 spiro atoms. The third-order valence-corrected chi connectivity index (χ3v) is 3.75. The largest absolute Gasteiger partial charge is 0.489 e. The lowest BCUT2D eigenvalue weighted by atomic mass is 10.0. The van der Waals surface area contributed by atoms with Gasteiger partial charge in [0.25, 0.3) is 0 Å². The normalized spacial score (nSPS) is 14.5.